The monoisotopic (exact) mass is 427 g/mol. The maximum atomic E-state index is 12.9. The first-order valence-electron chi connectivity index (χ1n) is 10.9. The van der Waals surface area contributed by atoms with Crippen molar-refractivity contribution in [3.63, 3.8) is 0 Å². The van der Waals surface area contributed by atoms with Crippen LogP contribution in [0.1, 0.15) is 45.8 Å². The molecule has 164 valence electrons. The fourth-order valence-electron chi connectivity index (χ4n) is 3.96. The standard InChI is InChI=1S/C27H29N3O2/c1-18-9-12-22(13-10-18)32-16-15-30-25-8-6-5-7-24(25)29-26(30)21(4)28-27(31)23-14-11-19(2)17-20(23)3/h5-14,17,21H,15-16H2,1-4H3,(H,28,31). The van der Waals surface area contributed by atoms with Crippen molar-refractivity contribution in [1.82, 2.24) is 14.9 Å². The Balaban J connectivity index is 1.54. The van der Waals surface area contributed by atoms with Gasteiger partial charge in [-0.15, -0.1) is 0 Å². The van der Waals surface area contributed by atoms with Gasteiger partial charge in [-0.2, -0.15) is 0 Å². The van der Waals surface area contributed by atoms with Gasteiger partial charge in [0.25, 0.3) is 5.91 Å². The number of aryl methyl sites for hydroxylation is 3. The lowest BCUT2D eigenvalue weighted by Gasteiger charge is -2.17. The van der Waals surface area contributed by atoms with Crippen LogP contribution in [0.2, 0.25) is 0 Å². The van der Waals surface area contributed by atoms with Crippen LogP contribution in [0.4, 0.5) is 0 Å². The highest BCUT2D eigenvalue weighted by atomic mass is 16.5. The largest absolute Gasteiger partial charge is 0.492 e. The molecule has 1 heterocycles. The Bertz CT molecular complexity index is 1240. The van der Waals surface area contributed by atoms with E-state index in [1.165, 1.54) is 5.56 Å². The topological polar surface area (TPSA) is 56.1 Å². The van der Waals surface area contributed by atoms with Crippen molar-refractivity contribution in [2.24, 2.45) is 0 Å². The van der Waals surface area contributed by atoms with Crippen molar-refractivity contribution < 1.29 is 9.53 Å². The van der Waals surface area contributed by atoms with Crippen molar-refractivity contribution >= 4 is 16.9 Å². The van der Waals surface area contributed by atoms with E-state index in [-0.39, 0.29) is 11.9 Å². The molecule has 1 unspecified atom stereocenters. The third kappa shape index (κ3) is 4.67. The van der Waals surface area contributed by atoms with Gasteiger partial charge in [0.2, 0.25) is 0 Å². The summed E-state index contributed by atoms with van der Waals surface area (Å²) >= 11 is 0. The zero-order valence-corrected chi connectivity index (χ0v) is 19.1. The molecule has 5 nitrogen and oxygen atoms in total. The van der Waals surface area contributed by atoms with Crippen molar-refractivity contribution in [2.45, 2.75) is 40.3 Å². The molecule has 4 aromatic rings. The van der Waals surface area contributed by atoms with Gasteiger partial charge in [0.15, 0.2) is 0 Å². The smallest absolute Gasteiger partial charge is 0.252 e. The summed E-state index contributed by atoms with van der Waals surface area (Å²) in [5.74, 6) is 1.57. The highest BCUT2D eigenvalue weighted by molar-refractivity contribution is 5.96. The lowest BCUT2D eigenvalue weighted by Crippen LogP contribution is -2.29. The fourth-order valence-corrected chi connectivity index (χ4v) is 3.96. The molecule has 0 saturated heterocycles. The number of benzene rings is 3. The molecule has 1 N–H and O–H groups in total. The van der Waals surface area contributed by atoms with Gasteiger partial charge in [-0.05, 0) is 63.6 Å². The number of aromatic nitrogens is 2. The maximum absolute atomic E-state index is 12.9. The van der Waals surface area contributed by atoms with Gasteiger partial charge in [-0.25, -0.2) is 4.98 Å². The van der Waals surface area contributed by atoms with Crippen molar-refractivity contribution in [3.8, 4) is 5.75 Å². The number of hydrogen-bond donors (Lipinski definition) is 1. The summed E-state index contributed by atoms with van der Waals surface area (Å²) in [7, 11) is 0. The fraction of sp³-hybridized carbons (Fsp3) is 0.259. The molecule has 32 heavy (non-hydrogen) atoms. The van der Waals surface area contributed by atoms with E-state index in [4.69, 9.17) is 9.72 Å². The Labute approximate surface area is 189 Å². The SMILES string of the molecule is Cc1ccc(OCCn2c(C(C)NC(=O)c3ccc(C)cc3C)nc3ccccc32)cc1. The molecule has 0 aliphatic carbocycles. The summed E-state index contributed by atoms with van der Waals surface area (Å²) < 4.78 is 8.09. The zero-order valence-electron chi connectivity index (χ0n) is 19.1. The Hall–Kier alpha value is -3.60. The molecule has 1 atom stereocenters. The number of carbonyl (C=O) groups is 1. The number of nitrogens with zero attached hydrogens (tertiary/aromatic N) is 2. The summed E-state index contributed by atoms with van der Waals surface area (Å²) in [6.45, 7) is 9.16. The number of carbonyl (C=O) groups excluding carboxylic acids is 1. The van der Waals surface area contributed by atoms with Gasteiger partial charge in [0.1, 0.15) is 18.2 Å². The van der Waals surface area contributed by atoms with E-state index in [9.17, 15) is 4.79 Å². The molecule has 0 bridgehead atoms. The van der Waals surface area contributed by atoms with Gasteiger partial charge in [-0.1, -0.05) is 47.5 Å². The van der Waals surface area contributed by atoms with Crippen LogP contribution in [0.3, 0.4) is 0 Å². The first-order valence-corrected chi connectivity index (χ1v) is 10.9. The highest BCUT2D eigenvalue weighted by Crippen LogP contribution is 2.22. The highest BCUT2D eigenvalue weighted by Gasteiger charge is 2.20. The van der Waals surface area contributed by atoms with Crippen molar-refractivity contribution in [2.75, 3.05) is 6.61 Å². The van der Waals surface area contributed by atoms with E-state index in [0.717, 1.165) is 33.7 Å². The van der Waals surface area contributed by atoms with Crippen LogP contribution in [0, 0.1) is 20.8 Å². The van der Waals surface area contributed by atoms with Gasteiger partial charge in [0.05, 0.1) is 23.6 Å². The van der Waals surface area contributed by atoms with Gasteiger partial charge in [0, 0.05) is 5.56 Å². The Kier molecular flexibility index (Phi) is 6.26. The predicted octanol–water partition coefficient (Wildman–Crippen LogP) is 5.53. The molecule has 0 aliphatic heterocycles. The van der Waals surface area contributed by atoms with Crippen LogP contribution in [0.5, 0.6) is 5.75 Å². The second-order valence-corrected chi connectivity index (χ2v) is 8.29. The van der Waals surface area contributed by atoms with Gasteiger partial charge in [-0.3, -0.25) is 4.79 Å². The van der Waals surface area contributed by atoms with E-state index in [0.29, 0.717) is 18.7 Å². The minimum Gasteiger partial charge on any atom is -0.492 e. The average molecular weight is 428 g/mol. The molecule has 4 rings (SSSR count). The molecule has 0 fully saturated rings. The number of para-hydroxylation sites is 2. The Morgan fingerprint density at radius 3 is 2.47 bits per heavy atom. The molecule has 0 radical (unpaired) electrons. The van der Waals surface area contributed by atoms with Crippen LogP contribution >= 0.6 is 0 Å². The second-order valence-electron chi connectivity index (χ2n) is 8.29. The van der Waals surface area contributed by atoms with Crippen LogP contribution in [-0.2, 0) is 6.54 Å². The van der Waals surface area contributed by atoms with Gasteiger partial charge >= 0.3 is 0 Å². The van der Waals surface area contributed by atoms with Crippen LogP contribution in [-0.4, -0.2) is 22.1 Å². The summed E-state index contributed by atoms with van der Waals surface area (Å²) in [6.07, 6.45) is 0. The molecule has 0 spiro atoms. The van der Waals surface area contributed by atoms with E-state index in [1.54, 1.807) is 0 Å². The van der Waals surface area contributed by atoms with E-state index in [2.05, 4.69) is 22.9 Å². The summed E-state index contributed by atoms with van der Waals surface area (Å²) in [4.78, 5) is 17.8. The number of ether oxygens (including phenoxy) is 1. The molecule has 0 aliphatic rings. The van der Waals surface area contributed by atoms with Crippen molar-refractivity contribution in [3.05, 3.63) is 94.8 Å². The number of nitrogens with one attached hydrogen (secondary N) is 1. The van der Waals surface area contributed by atoms with Crippen LogP contribution in [0.25, 0.3) is 11.0 Å². The normalized spacial score (nSPS) is 12.0. The quantitative estimate of drug-likeness (QED) is 0.422. The lowest BCUT2D eigenvalue weighted by atomic mass is 10.0. The molecule has 5 heteroatoms. The number of imidazole rings is 1. The molecule has 0 saturated carbocycles. The maximum Gasteiger partial charge on any atom is 0.252 e. The Morgan fingerprint density at radius 2 is 1.72 bits per heavy atom. The third-order valence-electron chi connectivity index (χ3n) is 5.65. The first kappa shape index (κ1) is 21.6. The summed E-state index contributed by atoms with van der Waals surface area (Å²) in [5, 5.41) is 3.13. The minimum atomic E-state index is -0.255. The number of hydrogen-bond acceptors (Lipinski definition) is 3. The number of rotatable bonds is 7. The first-order chi connectivity index (χ1) is 15.4. The summed E-state index contributed by atoms with van der Waals surface area (Å²) in [5.41, 5.74) is 5.94. The molecule has 1 amide bonds. The van der Waals surface area contributed by atoms with E-state index in [1.807, 2.05) is 81.4 Å². The minimum absolute atomic E-state index is 0.0930. The van der Waals surface area contributed by atoms with Crippen molar-refractivity contribution in [1.29, 1.82) is 0 Å². The molecule has 1 aromatic heterocycles. The van der Waals surface area contributed by atoms with E-state index < -0.39 is 0 Å². The second kappa shape index (κ2) is 9.27. The van der Waals surface area contributed by atoms with Crippen LogP contribution in [0.15, 0.2) is 66.7 Å². The summed E-state index contributed by atoms with van der Waals surface area (Å²) in [6, 6.07) is 21.7. The predicted molar refractivity (Wildman–Crippen MR) is 128 cm³/mol. The molecule has 3 aromatic carbocycles. The molecular weight excluding hydrogens is 398 g/mol. The molecular formula is C27H29N3O2. The lowest BCUT2D eigenvalue weighted by molar-refractivity contribution is 0.0937. The Morgan fingerprint density at radius 1 is 1.00 bits per heavy atom. The third-order valence-corrected chi connectivity index (χ3v) is 5.65. The van der Waals surface area contributed by atoms with Gasteiger partial charge < -0.3 is 14.6 Å². The van der Waals surface area contributed by atoms with Crippen LogP contribution < -0.4 is 10.1 Å². The van der Waals surface area contributed by atoms with E-state index >= 15 is 0 Å². The number of amides is 1. The zero-order chi connectivity index (χ0) is 22.7. The average Bonchev–Trinajstić information content (AvgIpc) is 3.14. The number of fused-ring (bicyclic) bond motifs is 1.